The highest BCUT2D eigenvalue weighted by Gasteiger charge is 2.30. The smallest absolute Gasteiger partial charge is 0.353 e. The van der Waals surface area contributed by atoms with Crippen LogP contribution in [0.2, 0.25) is 0 Å². The molecule has 1 aromatic carbocycles. The van der Waals surface area contributed by atoms with Gasteiger partial charge in [0.05, 0.1) is 0 Å². The van der Waals surface area contributed by atoms with Gasteiger partial charge in [-0.2, -0.15) is 0 Å². The summed E-state index contributed by atoms with van der Waals surface area (Å²) in [5.74, 6) is -2.85. The number of thiophene rings is 1. The van der Waals surface area contributed by atoms with Crippen LogP contribution in [0, 0.1) is 11.2 Å². The highest BCUT2D eigenvalue weighted by Crippen LogP contribution is 2.26. The van der Waals surface area contributed by atoms with Crippen molar-refractivity contribution in [1.82, 2.24) is 4.90 Å². The van der Waals surface area contributed by atoms with Gasteiger partial charge in [0.25, 0.3) is 0 Å². The largest absolute Gasteiger partial charge is 0.480 e. The summed E-state index contributed by atoms with van der Waals surface area (Å²) in [7, 11) is 0. The summed E-state index contributed by atoms with van der Waals surface area (Å²) in [6.45, 7) is 1.14. The minimum Gasteiger partial charge on any atom is -0.480 e. The zero-order chi connectivity index (χ0) is 19.6. The maximum atomic E-state index is 14.0. The molecule has 4 N–H and O–H groups in total. The first-order valence-corrected chi connectivity index (χ1v) is 9.08. The first kappa shape index (κ1) is 19.0. The van der Waals surface area contributed by atoms with Crippen LogP contribution in [0.1, 0.15) is 33.0 Å². The van der Waals surface area contributed by atoms with Crippen molar-refractivity contribution in [2.24, 2.45) is 5.73 Å². The summed E-state index contributed by atoms with van der Waals surface area (Å²) < 4.78 is 19.1. The number of rotatable bonds is 6. The van der Waals surface area contributed by atoms with Gasteiger partial charge in [-0.1, -0.05) is 0 Å². The van der Waals surface area contributed by atoms with Crippen LogP contribution in [0.5, 0.6) is 5.75 Å². The van der Waals surface area contributed by atoms with Gasteiger partial charge < -0.3 is 15.6 Å². The van der Waals surface area contributed by atoms with Crippen LogP contribution in [-0.2, 0) is 11.3 Å². The lowest BCUT2D eigenvalue weighted by molar-refractivity contribution is -0.142. The summed E-state index contributed by atoms with van der Waals surface area (Å²) in [5.41, 5.74) is 5.49. The number of esters is 1. The minimum absolute atomic E-state index is 0.198. The number of carbonyl (C=O) groups is 2. The molecule has 0 amide bonds. The Morgan fingerprint density at radius 3 is 2.81 bits per heavy atom. The fraction of sp³-hybridized carbons (Fsp3) is 0.278. The zero-order valence-electron chi connectivity index (χ0n) is 14.3. The van der Waals surface area contributed by atoms with Crippen molar-refractivity contribution in [3.8, 4) is 5.75 Å². The van der Waals surface area contributed by atoms with E-state index < -0.39 is 23.8 Å². The number of halogens is 1. The number of carboxylic acid groups (broad SMARTS) is 1. The van der Waals surface area contributed by atoms with E-state index in [1.54, 1.807) is 12.1 Å². The molecule has 0 aliphatic carbocycles. The van der Waals surface area contributed by atoms with Crippen LogP contribution < -0.4 is 10.5 Å². The van der Waals surface area contributed by atoms with Gasteiger partial charge in [0.15, 0.2) is 11.6 Å². The number of ether oxygens (including phenoxy) is 1. The van der Waals surface area contributed by atoms with Gasteiger partial charge in [-0.05, 0) is 49.7 Å². The lowest BCUT2D eigenvalue weighted by Crippen LogP contribution is -2.35. The normalized spacial score (nSPS) is 17.0. The van der Waals surface area contributed by atoms with Crippen molar-refractivity contribution < 1.29 is 23.8 Å². The van der Waals surface area contributed by atoms with E-state index in [0.717, 1.165) is 17.4 Å². The first-order valence-electron chi connectivity index (χ1n) is 8.27. The number of likely N-dealkylation sites (tertiary alicyclic amines) is 1. The number of amidine groups is 1. The fourth-order valence-electron chi connectivity index (χ4n) is 2.97. The molecule has 3 rings (SSSR count). The Morgan fingerprint density at radius 1 is 1.37 bits per heavy atom. The van der Waals surface area contributed by atoms with Crippen molar-refractivity contribution in [3.63, 3.8) is 0 Å². The maximum Gasteiger partial charge on any atom is 0.353 e. The highest BCUT2D eigenvalue weighted by molar-refractivity contribution is 7.13. The van der Waals surface area contributed by atoms with E-state index in [0.29, 0.717) is 24.4 Å². The van der Waals surface area contributed by atoms with Gasteiger partial charge in [0.2, 0.25) is 0 Å². The second-order valence-electron chi connectivity index (χ2n) is 6.18. The van der Waals surface area contributed by atoms with E-state index in [9.17, 15) is 19.1 Å². The number of hydrogen-bond acceptors (Lipinski definition) is 6. The molecule has 9 heteroatoms. The average molecular weight is 391 g/mol. The summed E-state index contributed by atoms with van der Waals surface area (Å²) in [6, 6.07) is 6.50. The van der Waals surface area contributed by atoms with Crippen molar-refractivity contribution in [2.45, 2.75) is 25.4 Å². The van der Waals surface area contributed by atoms with Crippen molar-refractivity contribution in [1.29, 1.82) is 5.41 Å². The number of nitrogens with two attached hydrogens (primary N) is 1. The molecule has 2 heterocycles. The predicted octanol–water partition coefficient (Wildman–Crippen LogP) is 2.44. The van der Waals surface area contributed by atoms with Gasteiger partial charge >= 0.3 is 11.9 Å². The Hall–Kier alpha value is -2.78. The topological polar surface area (TPSA) is 117 Å². The van der Waals surface area contributed by atoms with Gasteiger partial charge in [-0.15, -0.1) is 11.3 Å². The Bertz CT molecular complexity index is 898. The van der Waals surface area contributed by atoms with E-state index in [1.807, 2.05) is 4.90 Å². The molecule has 7 nitrogen and oxygen atoms in total. The molecule has 0 saturated carbocycles. The number of carbonyl (C=O) groups excluding carboxylic acids is 1. The predicted molar refractivity (Wildman–Crippen MR) is 97.8 cm³/mol. The molecule has 1 fully saturated rings. The third kappa shape index (κ3) is 4.32. The Morgan fingerprint density at radius 2 is 2.15 bits per heavy atom. The average Bonchev–Trinajstić information content (AvgIpc) is 3.26. The molecule has 0 bridgehead atoms. The summed E-state index contributed by atoms with van der Waals surface area (Å²) in [6.07, 6.45) is 1.44. The van der Waals surface area contributed by atoms with Crippen LogP contribution in [0.15, 0.2) is 30.3 Å². The standard InChI is InChI=1S/C18H18FN3O4S/c19-12-8-10(16(20)21)3-5-14(12)26-18(25)15-6-4-11(27-15)9-22-7-1-2-13(22)17(23)24/h3-6,8,13H,1-2,7,9H2,(H3,20,21)(H,23,24)/t13-/m0/s1. The zero-order valence-corrected chi connectivity index (χ0v) is 15.1. The molecule has 0 spiro atoms. The van der Waals surface area contributed by atoms with Gasteiger partial charge in [-0.25, -0.2) is 9.18 Å². The summed E-state index contributed by atoms with van der Waals surface area (Å²) in [4.78, 5) is 26.5. The molecular formula is C18H18FN3O4S. The highest BCUT2D eigenvalue weighted by atomic mass is 32.1. The van der Waals surface area contributed by atoms with E-state index in [1.165, 1.54) is 23.5 Å². The van der Waals surface area contributed by atoms with Crippen LogP contribution in [-0.4, -0.2) is 40.4 Å². The van der Waals surface area contributed by atoms with Crippen molar-refractivity contribution >= 4 is 29.1 Å². The Kier molecular flexibility index (Phi) is 5.52. The number of nitrogen functional groups attached to an aromatic ring is 1. The van der Waals surface area contributed by atoms with Crippen LogP contribution in [0.3, 0.4) is 0 Å². The minimum atomic E-state index is -0.840. The first-order chi connectivity index (χ1) is 12.8. The van der Waals surface area contributed by atoms with Crippen LogP contribution >= 0.6 is 11.3 Å². The molecule has 1 aliphatic heterocycles. The summed E-state index contributed by atoms with van der Waals surface area (Å²) in [5, 5.41) is 16.5. The third-order valence-electron chi connectivity index (χ3n) is 4.32. The summed E-state index contributed by atoms with van der Waals surface area (Å²) >= 11 is 1.19. The monoisotopic (exact) mass is 391 g/mol. The molecule has 1 aromatic heterocycles. The number of nitrogens with zero attached hydrogens (tertiary/aromatic N) is 1. The number of benzene rings is 1. The number of hydrogen-bond donors (Lipinski definition) is 3. The second kappa shape index (κ2) is 7.85. The lowest BCUT2D eigenvalue weighted by Gasteiger charge is -2.19. The SMILES string of the molecule is N=C(N)c1ccc(OC(=O)c2ccc(CN3CCC[C@H]3C(=O)O)s2)c(F)c1. The molecule has 1 aliphatic rings. The lowest BCUT2D eigenvalue weighted by atomic mass is 10.2. The Balaban J connectivity index is 1.67. The van der Waals surface area contributed by atoms with Crippen LogP contribution in [0.4, 0.5) is 4.39 Å². The van der Waals surface area contributed by atoms with Gasteiger partial charge in [0, 0.05) is 17.0 Å². The van der Waals surface area contributed by atoms with Gasteiger partial charge in [-0.3, -0.25) is 15.1 Å². The molecule has 2 aromatic rings. The molecule has 27 heavy (non-hydrogen) atoms. The quantitative estimate of drug-likeness (QED) is 0.301. The molecular weight excluding hydrogens is 373 g/mol. The van der Waals surface area contributed by atoms with E-state index in [2.05, 4.69) is 0 Å². The molecule has 0 radical (unpaired) electrons. The fourth-order valence-corrected chi connectivity index (χ4v) is 3.88. The number of carboxylic acids is 1. The third-order valence-corrected chi connectivity index (χ3v) is 5.37. The van der Waals surface area contributed by atoms with E-state index >= 15 is 0 Å². The molecule has 142 valence electrons. The number of nitrogens with one attached hydrogen (secondary N) is 1. The van der Waals surface area contributed by atoms with E-state index in [-0.39, 0.29) is 17.1 Å². The Labute approximate surface area is 158 Å². The van der Waals surface area contributed by atoms with Gasteiger partial charge in [0.1, 0.15) is 16.8 Å². The molecule has 1 atom stereocenters. The second-order valence-corrected chi connectivity index (χ2v) is 7.35. The molecule has 0 unspecified atom stereocenters. The van der Waals surface area contributed by atoms with Crippen molar-refractivity contribution in [2.75, 3.05) is 6.54 Å². The maximum absolute atomic E-state index is 14.0. The number of aliphatic carboxylic acids is 1. The van der Waals surface area contributed by atoms with Crippen molar-refractivity contribution in [3.05, 3.63) is 51.5 Å². The molecule has 1 saturated heterocycles. The van der Waals surface area contributed by atoms with E-state index in [4.69, 9.17) is 15.9 Å². The van der Waals surface area contributed by atoms with Crippen LogP contribution in [0.25, 0.3) is 0 Å².